The SMILES string of the molecule is CC(C)C[C@H](NC(=O)OC(c1ccccc1)C1CCC(F)(F)CC1)C(=O)N[C@@H](C[C@@H]1CCNC1=O)C(O)S(=O)(=O)O. The summed E-state index contributed by atoms with van der Waals surface area (Å²) < 4.78 is 66.2. The van der Waals surface area contributed by atoms with Gasteiger partial charge in [-0.3, -0.25) is 14.1 Å². The van der Waals surface area contributed by atoms with E-state index >= 15 is 0 Å². The number of alkyl carbamates (subject to hydrolysis) is 1. The highest BCUT2D eigenvalue weighted by Crippen LogP contribution is 2.42. The second-order valence-corrected chi connectivity index (χ2v) is 12.8. The summed E-state index contributed by atoms with van der Waals surface area (Å²) in [6.07, 6.45) is -2.02. The fourth-order valence-corrected chi connectivity index (χ4v) is 5.95. The van der Waals surface area contributed by atoms with E-state index in [-0.39, 0.29) is 56.3 Å². The van der Waals surface area contributed by atoms with Crippen LogP contribution in [0, 0.1) is 17.8 Å². The van der Waals surface area contributed by atoms with E-state index in [2.05, 4.69) is 16.0 Å². The Kier molecular flexibility index (Phi) is 11.1. The Labute approximate surface area is 238 Å². The molecule has 0 bridgehead atoms. The number of aliphatic hydroxyl groups excluding tert-OH is 1. The monoisotopic (exact) mass is 603 g/mol. The van der Waals surface area contributed by atoms with Crippen molar-refractivity contribution in [3.8, 4) is 0 Å². The minimum absolute atomic E-state index is 0.102. The maximum absolute atomic E-state index is 13.8. The van der Waals surface area contributed by atoms with Crippen LogP contribution >= 0.6 is 0 Å². The lowest BCUT2D eigenvalue weighted by Crippen LogP contribution is -2.55. The van der Waals surface area contributed by atoms with Gasteiger partial charge in [-0.25, -0.2) is 13.6 Å². The molecule has 0 radical (unpaired) electrons. The summed E-state index contributed by atoms with van der Waals surface area (Å²) in [6.45, 7) is 3.92. The van der Waals surface area contributed by atoms with Gasteiger partial charge < -0.3 is 25.8 Å². The third-order valence-corrected chi connectivity index (χ3v) is 8.48. The van der Waals surface area contributed by atoms with Crippen molar-refractivity contribution < 1.29 is 46.0 Å². The quantitative estimate of drug-likeness (QED) is 0.227. The Balaban J connectivity index is 1.75. The van der Waals surface area contributed by atoms with Crippen LogP contribution in [0.5, 0.6) is 0 Å². The van der Waals surface area contributed by atoms with Gasteiger partial charge in [0.15, 0.2) is 0 Å². The summed E-state index contributed by atoms with van der Waals surface area (Å²) >= 11 is 0. The van der Waals surface area contributed by atoms with Gasteiger partial charge in [0, 0.05) is 31.2 Å². The number of carbonyl (C=O) groups excluding carboxylic acids is 3. The molecule has 2 unspecified atom stereocenters. The van der Waals surface area contributed by atoms with E-state index in [9.17, 15) is 41.2 Å². The minimum Gasteiger partial charge on any atom is -0.441 e. The van der Waals surface area contributed by atoms with Gasteiger partial charge in [0.05, 0.1) is 6.04 Å². The van der Waals surface area contributed by atoms with Crippen LogP contribution in [0.1, 0.15) is 70.5 Å². The van der Waals surface area contributed by atoms with E-state index in [0.717, 1.165) is 0 Å². The fraction of sp³-hybridized carbons (Fsp3) is 0.667. The van der Waals surface area contributed by atoms with Crippen molar-refractivity contribution in [2.45, 2.75) is 88.3 Å². The zero-order chi connectivity index (χ0) is 30.4. The number of hydrogen-bond donors (Lipinski definition) is 5. The van der Waals surface area contributed by atoms with E-state index in [0.29, 0.717) is 18.5 Å². The average Bonchev–Trinajstić information content (AvgIpc) is 3.30. The van der Waals surface area contributed by atoms with Gasteiger partial charge >= 0.3 is 6.09 Å². The molecule has 1 aromatic carbocycles. The minimum atomic E-state index is -5.00. The molecule has 5 N–H and O–H groups in total. The maximum atomic E-state index is 13.8. The normalized spacial score (nSPS) is 22.3. The molecule has 3 rings (SSSR count). The number of carbonyl (C=O) groups is 3. The lowest BCUT2D eigenvalue weighted by molar-refractivity contribution is -0.126. The molecule has 2 aliphatic rings. The highest BCUT2D eigenvalue weighted by Gasteiger charge is 2.41. The Morgan fingerprint density at radius 1 is 1.12 bits per heavy atom. The molecular weight excluding hydrogens is 564 g/mol. The van der Waals surface area contributed by atoms with Crippen molar-refractivity contribution in [3.05, 3.63) is 35.9 Å². The van der Waals surface area contributed by atoms with Crippen LogP contribution in [0.2, 0.25) is 0 Å². The van der Waals surface area contributed by atoms with Crippen molar-refractivity contribution in [2.24, 2.45) is 17.8 Å². The predicted molar refractivity (Wildman–Crippen MR) is 144 cm³/mol. The van der Waals surface area contributed by atoms with E-state index in [1.807, 2.05) is 0 Å². The molecular formula is C27H39F2N3O8S. The zero-order valence-electron chi connectivity index (χ0n) is 23.1. The smallest absolute Gasteiger partial charge is 0.408 e. The number of hydrogen-bond acceptors (Lipinski definition) is 7. The number of halogens is 2. The third kappa shape index (κ3) is 9.60. The van der Waals surface area contributed by atoms with Gasteiger partial charge in [0.25, 0.3) is 10.1 Å². The first-order valence-electron chi connectivity index (χ1n) is 13.8. The van der Waals surface area contributed by atoms with Gasteiger partial charge in [0.2, 0.25) is 23.2 Å². The standard InChI is InChI=1S/C27H39F2N3O8S/c1-16(2)14-20(24(34)31-21(25(35)41(37,38)39)15-19-10-13-30-23(19)33)32-26(36)40-22(17-6-4-3-5-7-17)18-8-11-27(28,29)12-9-18/h3-7,16,18-22,25,35H,8-15H2,1-2H3,(H,30,33)(H,31,34)(H,32,36)(H,37,38,39)/t19-,20-,21-,22?,25?/m0/s1. The van der Waals surface area contributed by atoms with Crippen molar-refractivity contribution in [2.75, 3.05) is 6.54 Å². The molecule has 41 heavy (non-hydrogen) atoms. The first kappa shape index (κ1) is 32.7. The Morgan fingerprint density at radius 3 is 2.29 bits per heavy atom. The number of ether oxygens (including phenoxy) is 1. The van der Waals surface area contributed by atoms with Crippen molar-refractivity contribution >= 4 is 28.0 Å². The Morgan fingerprint density at radius 2 is 1.76 bits per heavy atom. The van der Waals surface area contributed by atoms with Crippen molar-refractivity contribution in [3.63, 3.8) is 0 Å². The van der Waals surface area contributed by atoms with Crippen LogP contribution in [0.25, 0.3) is 0 Å². The first-order chi connectivity index (χ1) is 19.2. The molecule has 14 heteroatoms. The van der Waals surface area contributed by atoms with Crippen molar-refractivity contribution in [1.29, 1.82) is 0 Å². The molecule has 1 aliphatic heterocycles. The second kappa shape index (κ2) is 13.9. The van der Waals surface area contributed by atoms with Crippen molar-refractivity contribution in [1.82, 2.24) is 16.0 Å². The number of aliphatic hydroxyl groups is 1. The molecule has 0 spiro atoms. The fourth-order valence-electron chi connectivity index (χ4n) is 5.35. The lowest BCUT2D eigenvalue weighted by Gasteiger charge is -2.34. The highest BCUT2D eigenvalue weighted by molar-refractivity contribution is 7.86. The number of nitrogens with one attached hydrogen (secondary N) is 3. The van der Waals surface area contributed by atoms with Crippen LogP contribution in [0.4, 0.5) is 13.6 Å². The Hall–Kier alpha value is -2.84. The molecule has 1 saturated heterocycles. The van der Waals surface area contributed by atoms with Gasteiger partial charge in [-0.2, -0.15) is 8.42 Å². The zero-order valence-corrected chi connectivity index (χ0v) is 23.9. The largest absolute Gasteiger partial charge is 0.441 e. The second-order valence-electron chi connectivity index (χ2n) is 11.3. The van der Waals surface area contributed by atoms with Crippen LogP contribution in [-0.4, -0.2) is 66.0 Å². The van der Waals surface area contributed by atoms with E-state index in [4.69, 9.17) is 4.74 Å². The van der Waals surface area contributed by atoms with Crippen LogP contribution in [-0.2, 0) is 24.4 Å². The number of benzene rings is 1. The van der Waals surface area contributed by atoms with Gasteiger partial charge in [-0.05, 0) is 43.6 Å². The van der Waals surface area contributed by atoms with E-state index in [1.165, 1.54) is 0 Å². The first-order valence-corrected chi connectivity index (χ1v) is 15.3. The highest BCUT2D eigenvalue weighted by atomic mass is 32.2. The average molecular weight is 604 g/mol. The number of alkyl halides is 2. The molecule has 0 aromatic heterocycles. The molecule has 1 aromatic rings. The number of rotatable bonds is 12. The van der Waals surface area contributed by atoms with Gasteiger partial charge in [-0.1, -0.05) is 44.2 Å². The van der Waals surface area contributed by atoms with Gasteiger partial charge in [-0.15, -0.1) is 0 Å². The van der Waals surface area contributed by atoms with E-state index < -0.39 is 57.6 Å². The summed E-state index contributed by atoms with van der Waals surface area (Å²) in [5.74, 6) is -5.19. The predicted octanol–water partition coefficient (Wildman–Crippen LogP) is 2.91. The summed E-state index contributed by atoms with van der Waals surface area (Å²) in [5.41, 5.74) is -1.78. The summed E-state index contributed by atoms with van der Waals surface area (Å²) in [4.78, 5) is 38.4. The van der Waals surface area contributed by atoms with Crippen LogP contribution in [0.3, 0.4) is 0 Å². The molecule has 1 saturated carbocycles. The van der Waals surface area contributed by atoms with Crippen LogP contribution in [0.15, 0.2) is 30.3 Å². The topological polar surface area (TPSA) is 171 Å². The molecule has 5 atom stereocenters. The summed E-state index contributed by atoms with van der Waals surface area (Å²) in [6, 6.07) is 5.92. The maximum Gasteiger partial charge on any atom is 0.408 e. The molecule has 1 heterocycles. The lowest BCUT2D eigenvalue weighted by atomic mass is 9.81. The van der Waals surface area contributed by atoms with E-state index in [1.54, 1.807) is 44.2 Å². The molecule has 230 valence electrons. The Bertz CT molecular complexity index is 1160. The molecule has 1 aliphatic carbocycles. The molecule has 2 fully saturated rings. The summed E-state index contributed by atoms with van der Waals surface area (Å²) in [7, 11) is -5.00. The molecule has 11 nitrogen and oxygen atoms in total. The summed E-state index contributed by atoms with van der Waals surface area (Å²) in [5, 5.41) is 17.7. The number of amides is 3. The van der Waals surface area contributed by atoms with Gasteiger partial charge in [0.1, 0.15) is 12.1 Å². The third-order valence-electron chi connectivity index (χ3n) is 7.55. The van der Waals surface area contributed by atoms with Crippen LogP contribution < -0.4 is 16.0 Å². The molecule has 3 amide bonds.